The summed E-state index contributed by atoms with van der Waals surface area (Å²) >= 11 is 0. The molecule has 1 rings (SSSR count). The number of halogens is 3. The van der Waals surface area contributed by atoms with Crippen LogP contribution in [0, 0.1) is 0 Å². The van der Waals surface area contributed by atoms with E-state index < -0.39 is 23.8 Å². The van der Waals surface area contributed by atoms with E-state index in [1.54, 1.807) is 6.92 Å². The molecule has 1 aromatic rings. The molecule has 0 aliphatic heterocycles. The molecule has 0 bridgehead atoms. The molecule has 100 valence electrons. The van der Waals surface area contributed by atoms with E-state index in [9.17, 15) is 18.0 Å². The van der Waals surface area contributed by atoms with Crippen LogP contribution >= 0.6 is 0 Å². The molecule has 0 saturated carbocycles. The van der Waals surface area contributed by atoms with Crippen LogP contribution in [0.15, 0.2) is 24.3 Å². The van der Waals surface area contributed by atoms with Crippen molar-refractivity contribution in [3.05, 3.63) is 35.4 Å². The van der Waals surface area contributed by atoms with Crippen molar-refractivity contribution in [1.82, 2.24) is 5.32 Å². The summed E-state index contributed by atoms with van der Waals surface area (Å²) in [6.45, 7) is 2.11. The van der Waals surface area contributed by atoms with Gasteiger partial charge in [0.15, 0.2) is 0 Å². The second-order valence-corrected chi connectivity index (χ2v) is 3.79. The minimum absolute atomic E-state index is 0.0331. The number of nitrogens with one attached hydrogen (secondary N) is 1. The number of rotatable bonds is 5. The highest BCUT2D eigenvalue weighted by molar-refractivity contribution is 5.68. The quantitative estimate of drug-likeness (QED) is 0.856. The largest absolute Gasteiger partial charge is 0.481 e. The smallest absolute Gasteiger partial charge is 0.416 e. The van der Waals surface area contributed by atoms with Gasteiger partial charge in [-0.1, -0.05) is 25.1 Å². The van der Waals surface area contributed by atoms with Crippen LogP contribution < -0.4 is 5.32 Å². The number of alkyl halides is 3. The summed E-state index contributed by atoms with van der Waals surface area (Å²) in [5, 5.41) is 11.5. The summed E-state index contributed by atoms with van der Waals surface area (Å²) in [6.07, 6.45) is -4.87. The van der Waals surface area contributed by atoms with Crippen molar-refractivity contribution in [2.75, 3.05) is 6.54 Å². The molecular formula is C12H14F3NO2. The molecular weight excluding hydrogens is 247 g/mol. The number of carbonyl (C=O) groups is 1. The van der Waals surface area contributed by atoms with Gasteiger partial charge in [0.1, 0.15) is 0 Å². The van der Waals surface area contributed by atoms with Crippen molar-refractivity contribution >= 4 is 5.97 Å². The number of benzene rings is 1. The lowest BCUT2D eigenvalue weighted by molar-refractivity contribution is -0.141. The predicted molar refractivity (Wildman–Crippen MR) is 60.1 cm³/mol. The van der Waals surface area contributed by atoms with E-state index in [4.69, 9.17) is 5.11 Å². The Morgan fingerprint density at radius 1 is 1.39 bits per heavy atom. The Morgan fingerprint density at radius 3 is 2.50 bits per heavy atom. The van der Waals surface area contributed by atoms with Gasteiger partial charge < -0.3 is 10.4 Å². The van der Waals surface area contributed by atoms with E-state index in [-0.39, 0.29) is 12.0 Å². The molecule has 0 aliphatic carbocycles. The van der Waals surface area contributed by atoms with Gasteiger partial charge in [-0.05, 0) is 18.2 Å². The van der Waals surface area contributed by atoms with Crippen LogP contribution in [-0.2, 0) is 11.0 Å². The molecule has 3 nitrogen and oxygen atoms in total. The molecule has 0 aromatic heterocycles. The van der Waals surface area contributed by atoms with Crippen LogP contribution in [0.25, 0.3) is 0 Å². The maximum absolute atomic E-state index is 12.8. The van der Waals surface area contributed by atoms with Crippen LogP contribution in [0.1, 0.15) is 30.5 Å². The second kappa shape index (κ2) is 5.86. The fraction of sp³-hybridized carbons (Fsp3) is 0.417. The number of hydrogen-bond donors (Lipinski definition) is 2. The first-order valence-electron chi connectivity index (χ1n) is 5.47. The Labute approximate surface area is 103 Å². The molecule has 0 spiro atoms. The number of carboxylic acid groups (broad SMARTS) is 1. The first-order valence-corrected chi connectivity index (χ1v) is 5.47. The van der Waals surface area contributed by atoms with Crippen LogP contribution in [-0.4, -0.2) is 17.6 Å². The van der Waals surface area contributed by atoms with Gasteiger partial charge in [-0.15, -0.1) is 0 Å². The van der Waals surface area contributed by atoms with Gasteiger partial charge in [0.05, 0.1) is 12.0 Å². The standard InChI is InChI=1S/C12H14F3NO2/c1-2-16-10(7-11(17)18)8-5-3-4-6-9(8)12(13,14)15/h3-6,10,16H,2,7H2,1H3,(H,17,18). The lowest BCUT2D eigenvalue weighted by Crippen LogP contribution is -2.26. The van der Waals surface area contributed by atoms with E-state index in [1.807, 2.05) is 0 Å². The maximum atomic E-state index is 12.8. The van der Waals surface area contributed by atoms with Crippen molar-refractivity contribution in [3.8, 4) is 0 Å². The third-order valence-electron chi connectivity index (χ3n) is 2.47. The Bertz CT molecular complexity index is 418. The monoisotopic (exact) mass is 261 g/mol. The van der Waals surface area contributed by atoms with Gasteiger partial charge in [0.25, 0.3) is 0 Å². The fourth-order valence-electron chi connectivity index (χ4n) is 1.77. The van der Waals surface area contributed by atoms with Crippen molar-refractivity contribution < 1.29 is 23.1 Å². The van der Waals surface area contributed by atoms with Gasteiger partial charge in [-0.25, -0.2) is 0 Å². The number of carboxylic acids is 1. The summed E-state index contributed by atoms with van der Waals surface area (Å²) in [5.41, 5.74) is -0.827. The van der Waals surface area contributed by atoms with E-state index in [0.717, 1.165) is 6.07 Å². The number of hydrogen-bond acceptors (Lipinski definition) is 2. The molecule has 18 heavy (non-hydrogen) atoms. The molecule has 0 radical (unpaired) electrons. The Hall–Kier alpha value is -1.56. The molecule has 0 aliphatic rings. The Morgan fingerprint density at radius 2 is 2.00 bits per heavy atom. The van der Waals surface area contributed by atoms with Crippen LogP contribution in [0.3, 0.4) is 0 Å². The van der Waals surface area contributed by atoms with E-state index >= 15 is 0 Å². The summed E-state index contributed by atoms with van der Waals surface area (Å²) in [7, 11) is 0. The van der Waals surface area contributed by atoms with E-state index in [0.29, 0.717) is 6.54 Å². The van der Waals surface area contributed by atoms with Gasteiger partial charge in [0, 0.05) is 6.04 Å². The van der Waals surface area contributed by atoms with Gasteiger partial charge in [-0.3, -0.25) is 4.79 Å². The third-order valence-corrected chi connectivity index (χ3v) is 2.47. The van der Waals surface area contributed by atoms with E-state index in [2.05, 4.69) is 5.32 Å². The molecule has 0 fully saturated rings. The molecule has 1 atom stereocenters. The highest BCUT2D eigenvalue weighted by Crippen LogP contribution is 2.35. The first kappa shape index (κ1) is 14.5. The fourth-order valence-corrected chi connectivity index (χ4v) is 1.77. The van der Waals surface area contributed by atoms with Crippen molar-refractivity contribution in [1.29, 1.82) is 0 Å². The maximum Gasteiger partial charge on any atom is 0.416 e. The van der Waals surface area contributed by atoms with Crippen molar-refractivity contribution in [3.63, 3.8) is 0 Å². The highest BCUT2D eigenvalue weighted by Gasteiger charge is 2.35. The Kier molecular flexibility index (Phi) is 4.72. The molecule has 0 heterocycles. The first-order chi connectivity index (χ1) is 8.36. The van der Waals surface area contributed by atoms with E-state index in [1.165, 1.54) is 18.2 Å². The predicted octanol–water partition coefficient (Wildman–Crippen LogP) is 2.83. The van der Waals surface area contributed by atoms with Gasteiger partial charge >= 0.3 is 12.1 Å². The molecule has 2 N–H and O–H groups in total. The molecule has 1 aromatic carbocycles. The second-order valence-electron chi connectivity index (χ2n) is 3.79. The zero-order chi connectivity index (χ0) is 13.8. The minimum Gasteiger partial charge on any atom is -0.481 e. The third kappa shape index (κ3) is 3.73. The zero-order valence-electron chi connectivity index (χ0n) is 9.79. The van der Waals surface area contributed by atoms with Crippen LogP contribution in [0.5, 0.6) is 0 Å². The average molecular weight is 261 g/mol. The molecule has 0 saturated heterocycles. The summed E-state index contributed by atoms with van der Waals surface area (Å²) in [4.78, 5) is 10.7. The van der Waals surface area contributed by atoms with Gasteiger partial charge in [-0.2, -0.15) is 13.2 Å². The van der Waals surface area contributed by atoms with Crippen molar-refractivity contribution in [2.45, 2.75) is 25.6 Å². The minimum atomic E-state index is -4.48. The number of aliphatic carboxylic acids is 1. The van der Waals surface area contributed by atoms with Crippen molar-refractivity contribution in [2.24, 2.45) is 0 Å². The normalized spacial score (nSPS) is 13.3. The molecule has 1 unspecified atom stereocenters. The topological polar surface area (TPSA) is 49.3 Å². The lowest BCUT2D eigenvalue weighted by atomic mass is 9.97. The highest BCUT2D eigenvalue weighted by atomic mass is 19.4. The Balaban J connectivity index is 3.15. The summed E-state index contributed by atoms with van der Waals surface area (Å²) < 4.78 is 38.4. The molecule has 6 heteroatoms. The van der Waals surface area contributed by atoms with Crippen LogP contribution in [0.4, 0.5) is 13.2 Å². The molecule has 0 amide bonds. The average Bonchev–Trinajstić information content (AvgIpc) is 2.27. The lowest BCUT2D eigenvalue weighted by Gasteiger charge is -2.21. The zero-order valence-corrected chi connectivity index (χ0v) is 9.79. The van der Waals surface area contributed by atoms with Gasteiger partial charge in [0.2, 0.25) is 0 Å². The van der Waals surface area contributed by atoms with Crippen LogP contribution in [0.2, 0.25) is 0 Å². The SMILES string of the molecule is CCNC(CC(=O)O)c1ccccc1C(F)(F)F. The summed E-state index contributed by atoms with van der Waals surface area (Å²) in [5.74, 6) is -1.14. The summed E-state index contributed by atoms with van der Waals surface area (Å²) in [6, 6.07) is 4.18.